The summed E-state index contributed by atoms with van der Waals surface area (Å²) in [6.45, 7) is 0. The van der Waals surface area contributed by atoms with Crippen molar-refractivity contribution in [3.8, 4) is 44.5 Å². The largest absolute Gasteiger partial charge is 0.455 e. The van der Waals surface area contributed by atoms with Crippen LogP contribution in [0, 0.1) is 0 Å². The summed E-state index contributed by atoms with van der Waals surface area (Å²) >= 11 is 0. The minimum Gasteiger partial charge on any atom is -0.455 e. The molecule has 2 aromatic heterocycles. The Morgan fingerprint density at radius 2 is 0.639 bits per heavy atom. The van der Waals surface area contributed by atoms with Crippen molar-refractivity contribution in [1.29, 1.82) is 0 Å². The molecule has 61 heavy (non-hydrogen) atoms. The van der Waals surface area contributed by atoms with Crippen LogP contribution in [0.25, 0.3) is 99.2 Å². The zero-order chi connectivity index (χ0) is 40.3. The first-order chi connectivity index (χ1) is 30.2. The Morgan fingerprint density at radius 1 is 0.262 bits per heavy atom. The molecule has 0 spiro atoms. The van der Waals surface area contributed by atoms with Gasteiger partial charge in [0.1, 0.15) is 22.3 Å². The van der Waals surface area contributed by atoms with Gasteiger partial charge in [-0.3, -0.25) is 0 Å². The number of nitrogens with zero attached hydrogens (tertiary/aromatic N) is 1. The van der Waals surface area contributed by atoms with E-state index < -0.39 is 0 Å². The normalized spacial score (nSPS) is 11.6. The molecule has 12 aromatic rings. The number of furan rings is 2. The van der Waals surface area contributed by atoms with Crippen molar-refractivity contribution in [2.45, 2.75) is 0 Å². The van der Waals surface area contributed by atoms with Crippen molar-refractivity contribution in [3.05, 3.63) is 224 Å². The molecule has 0 fully saturated rings. The van der Waals surface area contributed by atoms with E-state index in [4.69, 9.17) is 8.83 Å². The average Bonchev–Trinajstić information content (AvgIpc) is 3.91. The van der Waals surface area contributed by atoms with Crippen molar-refractivity contribution in [2.24, 2.45) is 0 Å². The highest BCUT2D eigenvalue weighted by Crippen LogP contribution is 2.41. The van der Waals surface area contributed by atoms with Gasteiger partial charge in [-0.25, -0.2) is 0 Å². The fourth-order valence-corrected chi connectivity index (χ4v) is 9.00. The number of para-hydroxylation sites is 4. The summed E-state index contributed by atoms with van der Waals surface area (Å²) in [6.07, 6.45) is 0. The van der Waals surface area contributed by atoms with Gasteiger partial charge in [0.25, 0.3) is 0 Å². The van der Waals surface area contributed by atoms with E-state index in [9.17, 15) is 0 Å². The third kappa shape index (κ3) is 6.06. The second-order valence-corrected chi connectivity index (χ2v) is 15.7. The standard InChI is InChI=1S/C58H37NO2/c1-2-10-44-37-45(24-23-38(44)9-1)41-21-19-39(20-22-41)40-25-31-46(32-26-40)59(47-33-27-42(28-34-47)49-13-7-15-53-51-11-3-5-17-55(51)60-57(49)53)48-35-29-43(30-36-48)50-14-8-16-54-52-12-4-6-18-56(52)61-58(50)54/h1-37H. The second kappa shape index (κ2) is 14.3. The van der Waals surface area contributed by atoms with Gasteiger partial charge in [-0.15, -0.1) is 0 Å². The lowest BCUT2D eigenvalue weighted by molar-refractivity contribution is 0.669. The summed E-state index contributed by atoms with van der Waals surface area (Å²) in [5.41, 5.74) is 15.9. The highest BCUT2D eigenvalue weighted by Gasteiger charge is 2.17. The molecule has 3 heteroatoms. The van der Waals surface area contributed by atoms with Gasteiger partial charge in [0.2, 0.25) is 0 Å². The molecule has 0 radical (unpaired) electrons. The van der Waals surface area contributed by atoms with Crippen LogP contribution in [0.1, 0.15) is 0 Å². The molecule has 286 valence electrons. The lowest BCUT2D eigenvalue weighted by Crippen LogP contribution is -2.09. The van der Waals surface area contributed by atoms with Gasteiger partial charge in [-0.2, -0.15) is 0 Å². The molecule has 0 aliphatic heterocycles. The van der Waals surface area contributed by atoms with Crippen LogP contribution < -0.4 is 4.90 Å². The van der Waals surface area contributed by atoms with Gasteiger partial charge < -0.3 is 13.7 Å². The van der Waals surface area contributed by atoms with E-state index in [1.165, 1.54) is 27.5 Å². The summed E-state index contributed by atoms with van der Waals surface area (Å²) in [7, 11) is 0. The summed E-state index contributed by atoms with van der Waals surface area (Å²) in [4.78, 5) is 2.32. The van der Waals surface area contributed by atoms with E-state index in [1.807, 2.05) is 24.3 Å². The molecule has 12 rings (SSSR count). The van der Waals surface area contributed by atoms with Gasteiger partial charge in [0.05, 0.1) is 0 Å². The first-order valence-electron chi connectivity index (χ1n) is 20.7. The Bertz CT molecular complexity index is 3400. The molecule has 0 bridgehead atoms. The highest BCUT2D eigenvalue weighted by atomic mass is 16.3. The maximum absolute atomic E-state index is 6.42. The molecule has 10 aromatic carbocycles. The number of fused-ring (bicyclic) bond motifs is 7. The van der Waals surface area contributed by atoms with Gasteiger partial charge in [0.15, 0.2) is 0 Å². The van der Waals surface area contributed by atoms with E-state index in [-0.39, 0.29) is 0 Å². The van der Waals surface area contributed by atoms with Crippen LogP contribution in [0.15, 0.2) is 233 Å². The summed E-state index contributed by atoms with van der Waals surface area (Å²) in [5, 5.41) is 7.02. The Labute approximate surface area is 353 Å². The van der Waals surface area contributed by atoms with Gasteiger partial charge in [-0.05, 0) is 98.8 Å². The fourth-order valence-electron chi connectivity index (χ4n) is 9.00. The van der Waals surface area contributed by atoms with Crippen LogP contribution in [0.4, 0.5) is 17.1 Å². The Morgan fingerprint density at radius 3 is 1.15 bits per heavy atom. The number of anilines is 3. The molecule has 0 N–H and O–H groups in total. The van der Waals surface area contributed by atoms with Crippen molar-refractivity contribution < 1.29 is 8.83 Å². The monoisotopic (exact) mass is 779 g/mol. The highest BCUT2D eigenvalue weighted by molar-refractivity contribution is 6.10. The van der Waals surface area contributed by atoms with Gasteiger partial charge in [0, 0.05) is 49.7 Å². The molecule has 0 atom stereocenters. The van der Waals surface area contributed by atoms with Crippen LogP contribution >= 0.6 is 0 Å². The minimum atomic E-state index is 0.900. The van der Waals surface area contributed by atoms with Crippen molar-refractivity contribution >= 4 is 71.7 Å². The fraction of sp³-hybridized carbons (Fsp3) is 0. The van der Waals surface area contributed by atoms with Crippen LogP contribution in [0.5, 0.6) is 0 Å². The molecule has 0 amide bonds. The number of hydrogen-bond donors (Lipinski definition) is 0. The van der Waals surface area contributed by atoms with E-state index >= 15 is 0 Å². The molecular weight excluding hydrogens is 743 g/mol. The molecule has 0 saturated carbocycles. The molecule has 0 saturated heterocycles. The van der Waals surface area contributed by atoms with E-state index in [2.05, 4.69) is 205 Å². The van der Waals surface area contributed by atoms with Crippen molar-refractivity contribution in [3.63, 3.8) is 0 Å². The number of benzene rings is 10. The minimum absolute atomic E-state index is 0.900. The maximum Gasteiger partial charge on any atom is 0.143 e. The Hall–Kier alpha value is -8.14. The Kier molecular flexibility index (Phi) is 8.17. The quantitative estimate of drug-likeness (QED) is 0.161. The van der Waals surface area contributed by atoms with Crippen molar-refractivity contribution in [1.82, 2.24) is 0 Å². The third-order valence-electron chi connectivity index (χ3n) is 12.1. The summed E-state index contributed by atoms with van der Waals surface area (Å²) in [5.74, 6) is 0. The lowest BCUT2D eigenvalue weighted by atomic mass is 9.98. The van der Waals surface area contributed by atoms with Crippen molar-refractivity contribution in [2.75, 3.05) is 4.90 Å². The average molecular weight is 780 g/mol. The second-order valence-electron chi connectivity index (χ2n) is 15.7. The Balaban J connectivity index is 0.906. The van der Waals surface area contributed by atoms with E-state index in [0.29, 0.717) is 0 Å². The molecule has 3 nitrogen and oxygen atoms in total. The maximum atomic E-state index is 6.42. The molecular formula is C58H37NO2. The third-order valence-corrected chi connectivity index (χ3v) is 12.1. The molecule has 0 unspecified atom stereocenters. The smallest absolute Gasteiger partial charge is 0.143 e. The predicted molar refractivity (Wildman–Crippen MR) is 255 cm³/mol. The molecule has 2 heterocycles. The topological polar surface area (TPSA) is 29.5 Å². The summed E-state index contributed by atoms with van der Waals surface area (Å²) in [6, 6.07) is 79.9. The van der Waals surface area contributed by atoms with Crippen LogP contribution in [-0.4, -0.2) is 0 Å². The zero-order valence-corrected chi connectivity index (χ0v) is 33.1. The van der Waals surface area contributed by atoms with Crippen LogP contribution in [0.3, 0.4) is 0 Å². The first kappa shape index (κ1) is 34.9. The predicted octanol–water partition coefficient (Wildman–Crippen LogP) is 16.8. The zero-order valence-electron chi connectivity index (χ0n) is 33.1. The SMILES string of the molecule is c1ccc2cc(-c3ccc(-c4ccc(N(c5ccc(-c6cccc7c6oc6ccccc67)cc5)c5ccc(-c6cccc7c6oc6ccccc67)cc5)cc4)cc3)ccc2c1. The van der Waals surface area contributed by atoms with Crippen LogP contribution in [-0.2, 0) is 0 Å². The number of rotatable bonds is 7. The lowest BCUT2D eigenvalue weighted by Gasteiger charge is -2.26. The first-order valence-corrected chi connectivity index (χ1v) is 20.7. The van der Waals surface area contributed by atoms with Gasteiger partial charge >= 0.3 is 0 Å². The van der Waals surface area contributed by atoms with E-state index in [1.54, 1.807) is 0 Å². The van der Waals surface area contributed by atoms with Gasteiger partial charge in [-0.1, -0.05) is 170 Å². The molecule has 0 aliphatic rings. The van der Waals surface area contributed by atoms with Crippen LogP contribution in [0.2, 0.25) is 0 Å². The summed E-state index contributed by atoms with van der Waals surface area (Å²) < 4.78 is 12.8. The van der Waals surface area contributed by atoms with E-state index in [0.717, 1.165) is 88.8 Å². The number of hydrogen-bond acceptors (Lipinski definition) is 3. The molecule has 0 aliphatic carbocycles.